The van der Waals surface area contributed by atoms with Crippen LogP contribution in [0.4, 0.5) is 9.59 Å². The van der Waals surface area contributed by atoms with Gasteiger partial charge in [0.1, 0.15) is 30.0 Å². The van der Waals surface area contributed by atoms with Crippen molar-refractivity contribution in [2.24, 2.45) is 11.1 Å². The van der Waals surface area contributed by atoms with E-state index < -0.39 is 47.0 Å². The molecular formula is C28H43NO10. The lowest BCUT2D eigenvalue weighted by Crippen LogP contribution is -2.38. The average molecular weight is 554 g/mol. The number of ether oxygens (including phenoxy) is 6. The predicted octanol–water partition coefficient (Wildman–Crippen LogP) is 5.10. The van der Waals surface area contributed by atoms with Crippen molar-refractivity contribution in [1.82, 2.24) is 0 Å². The quantitative estimate of drug-likeness (QED) is 0.234. The summed E-state index contributed by atoms with van der Waals surface area (Å²) in [6.07, 6.45) is -2.12. The molecule has 0 aliphatic carbocycles. The molecule has 0 bridgehead atoms. The van der Waals surface area contributed by atoms with Gasteiger partial charge in [-0.3, -0.25) is 9.59 Å². The van der Waals surface area contributed by atoms with E-state index in [9.17, 15) is 19.2 Å². The summed E-state index contributed by atoms with van der Waals surface area (Å²) in [7, 11) is 0. The van der Waals surface area contributed by atoms with Crippen molar-refractivity contribution in [2.45, 2.75) is 105 Å². The second kappa shape index (κ2) is 13.6. The molecule has 220 valence electrons. The van der Waals surface area contributed by atoms with Gasteiger partial charge >= 0.3 is 24.2 Å². The Hall–Kier alpha value is -3.34. The van der Waals surface area contributed by atoms with Crippen molar-refractivity contribution >= 4 is 24.2 Å². The third-order valence-electron chi connectivity index (χ3n) is 5.14. The smallest absolute Gasteiger partial charge is 0.461 e. The van der Waals surface area contributed by atoms with Gasteiger partial charge in [-0.2, -0.15) is 0 Å². The molecule has 2 N–H and O–H groups in total. The lowest BCUT2D eigenvalue weighted by atomic mass is 9.91. The average Bonchev–Trinajstić information content (AvgIpc) is 2.76. The van der Waals surface area contributed by atoms with Gasteiger partial charge in [-0.1, -0.05) is 13.0 Å². The van der Waals surface area contributed by atoms with Gasteiger partial charge in [0.25, 0.3) is 0 Å². The zero-order valence-electron chi connectivity index (χ0n) is 24.7. The molecule has 1 rings (SSSR count). The molecule has 0 radical (unpaired) electrons. The van der Waals surface area contributed by atoms with Crippen LogP contribution in [0.1, 0.15) is 81.2 Å². The highest BCUT2D eigenvalue weighted by Crippen LogP contribution is 2.31. The van der Waals surface area contributed by atoms with Gasteiger partial charge < -0.3 is 34.2 Å². The highest BCUT2D eigenvalue weighted by molar-refractivity contribution is 5.77. The van der Waals surface area contributed by atoms with E-state index in [4.69, 9.17) is 34.2 Å². The largest absolute Gasteiger partial charge is 0.514 e. The summed E-state index contributed by atoms with van der Waals surface area (Å²) in [6, 6.07) is 3.25. The fourth-order valence-corrected chi connectivity index (χ4v) is 2.75. The van der Waals surface area contributed by atoms with Crippen LogP contribution in [0.25, 0.3) is 0 Å². The minimum Gasteiger partial charge on any atom is -0.461 e. The van der Waals surface area contributed by atoms with Crippen LogP contribution in [0.5, 0.6) is 11.5 Å². The predicted molar refractivity (Wildman–Crippen MR) is 142 cm³/mol. The van der Waals surface area contributed by atoms with Crippen LogP contribution >= 0.6 is 0 Å². The van der Waals surface area contributed by atoms with Gasteiger partial charge in [0.15, 0.2) is 11.5 Å². The van der Waals surface area contributed by atoms with Gasteiger partial charge in [0.05, 0.1) is 5.41 Å². The molecule has 0 aliphatic rings. The van der Waals surface area contributed by atoms with Crippen LogP contribution in [0.15, 0.2) is 18.2 Å². The lowest BCUT2D eigenvalue weighted by Gasteiger charge is -2.22. The molecule has 0 saturated carbocycles. The topological polar surface area (TPSA) is 150 Å². The minimum atomic E-state index is -1.08. The Kier molecular flexibility index (Phi) is 11.8. The van der Waals surface area contributed by atoms with E-state index >= 15 is 0 Å². The maximum atomic E-state index is 12.5. The Morgan fingerprint density at radius 3 is 1.85 bits per heavy atom. The van der Waals surface area contributed by atoms with Crippen LogP contribution in [-0.4, -0.2) is 54.2 Å². The van der Waals surface area contributed by atoms with E-state index in [-0.39, 0.29) is 30.5 Å². The first-order valence-electron chi connectivity index (χ1n) is 12.8. The Balaban J connectivity index is 2.95. The van der Waals surface area contributed by atoms with Crippen molar-refractivity contribution in [1.29, 1.82) is 0 Å². The molecular weight excluding hydrogens is 510 g/mol. The second-order valence-corrected chi connectivity index (χ2v) is 11.8. The summed E-state index contributed by atoms with van der Waals surface area (Å²) >= 11 is 0. The van der Waals surface area contributed by atoms with Crippen molar-refractivity contribution in [2.75, 3.05) is 6.61 Å². The first kappa shape index (κ1) is 33.7. The van der Waals surface area contributed by atoms with Crippen molar-refractivity contribution < 1.29 is 47.6 Å². The van der Waals surface area contributed by atoms with E-state index in [0.717, 1.165) is 0 Å². The monoisotopic (exact) mass is 553 g/mol. The van der Waals surface area contributed by atoms with Crippen LogP contribution in [0.3, 0.4) is 0 Å². The fourth-order valence-electron chi connectivity index (χ4n) is 2.75. The molecule has 0 spiro atoms. The van der Waals surface area contributed by atoms with Gasteiger partial charge in [0, 0.05) is 0 Å². The molecule has 0 unspecified atom stereocenters. The van der Waals surface area contributed by atoms with E-state index in [1.807, 2.05) is 6.92 Å². The zero-order chi connectivity index (χ0) is 30.2. The van der Waals surface area contributed by atoms with Crippen LogP contribution in [0.2, 0.25) is 0 Å². The fraction of sp³-hybridized carbons (Fsp3) is 0.643. The van der Waals surface area contributed by atoms with E-state index in [0.29, 0.717) is 12.0 Å². The molecule has 1 aromatic carbocycles. The number of nitrogens with two attached hydrogens (primary N) is 1. The number of carbonyl (C=O) groups excluding carboxylic acids is 4. The summed E-state index contributed by atoms with van der Waals surface area (Å²) < 4.78 is 31.4. The highest BCUT2D eigenvalue weighted by atomic mass is 16.8. The van der Waals surface area contributed by atoms with Crippen molar-refractivity contribution in [3.63, 3.8) is 0 Å². The molecule has 0 aliphatic heterocycles. The molecule has 0 amide bonds. The van der Waals surface area contributed by atoms with Gasteiger partial charge in [0.2, 0.25) is 0 Å². The zero-order valence-corrected chi connectivity index (χ0v) is 24.7. The third kappa shape index (κ3) is 12.8. The molecule has 11 heteroatoms. The second-order valence-electron chi connectivity index (χ2n) is 11.8. The molecule has 39 heavy (non-hydrogen) atoms. The van der Waals surface area contributed by atoms with Gasteiger partial charge in [-0.05, 0) is 92.9 Å². The maximum Gasteiger partial charge on any atom is 0.514 e. The van der Waals surface area contributed by atoms with Crippen LogP contribution < -0.4 is 15.2 Å². The molecule has 0 fully saturated rings. The van der Waals surface area contributed by atoms with E-state index in [1.54, 1.807) is 68.4 Å². The molecule has 0 aromatic heterocycles. The van der Waals surface area contributed by atoms with Gasteiger partial charge in [-0.25, -0.2) is 9.59 Å². The minimum absolute atomic E-state index is 0.00556. The van der Waals surface area contributed by atoms with Gasteiger partial charge in [-0.15, -0.1) is 0 Å². The first-order chi connectivity index (χ1) is 17.7. The molecule has 1 aromatic rings. The molecule has 0 saturated heterocycles. The molecule has 2 atom stereocenters. The molecule has 11 nitrogen and oxygen atoms in total. The number of benzene rings is 1. The normalized spacial score (nSPS) is 13.5. The summed E-state index contributed by atoms with van der Waals surface area (Å²) in [5, 5.41) is 0. The summed E-state index contributed by atoms with van der Waals surface area (Å²) in [5.74, 6) is -1.33. The SMILES string of the molecule is CCC(C)(C)C(=O)OC[C@H](C)OC(=O)[C@@H](N)Cc1ccc(OC(=O)OC(C)(C)C)c(OC(=O)OC(C)(C)C)c1. The summed E-state index contributed by atoms with van der Waals surface area (Å²) in [4.78, 5) is 49.2. The number of rotatable bonds is 10. The Bertz CT molecular complexity index is 1020. The Morgan fingerprint density at radius 2 is 1.36 bits per heavy atom. The summed E-state index contributed by atoms with van der Waals surface area (Å²) in [6.45, 7) is 16.9. The van der Waals surface area contributed by atoms with E-state index in [2.05, 4.69) is 0 Å². The van der Waals surface area contributed by atoms with Crippen molar-refractivity contribution in [3.8, 4) is 11.5 Å². The standard InChI is InChI=1S/C28H43NO10/c1-11-28(9,10)23(31)34-16-17(2)35-22(30)19(29)14-18-12-13-20(36-24(32)38-26(3,4)5)21(15-18)37-25(33)39-27(6,7)8/h12-13,15,17,19H,11,14,16,29H2,1-10H3/t17-,19-/m0/s1. The number of hydrogen-bond donors (Lipinski definition) is 1. The number of carbonyl (C=O) groups is 4. The first-order valence-corrected chi connectivity index (χ1v) is 12.8. The maximum absolute atomic E-state index is 12.5. The van der Waals surface area contributed by atoms with Crippen LogP contribution in [0, 0.1) is 5.41 Å². The Morgan fingerprint density at radius 1 is 0.846 bits per heavy atom. The Labute approximate surface area is 230 Å². The number of hydrogen-bond acceptors (Lipinski definition) is 11. The summed E-state index contributed by atoms with van der Waals surface area (Å²) in [5.41, 5.74) is 4.25. The molecule has 0 heterocycles. The van der Waals surface area contributed by atoms with E-state index in [1.165, 1.54) is 12.1 Å². The number of esters is 2. The lowest BCUT2D eigenvalue weighted by molar-refractivity contribution is -0.164. The highest BCUT2D eigenvalue weighted by Gasteiger charge is 2.29. The third-order valence-corrected chi connectivity index (χ3v) is 5.14. The van der Waals surface area contributed by atoms with Crippen LogP contribution in [-0.2, 0) is 35.0 Å². The van der Waals surface area contributed by atoms with Crippen molar-refractivity contribution in [3.05, 3.63) is 23.8 Å².